The molecule has 0 aliphatic rings. The average Bonchev–Trinajstić information content (AvgIpc) is 2.20. The second-order valence-corrected chi connectivity index (χ2v) is 3.36. The Morgan fingerprint density at radius 3 is 2.87 bits per heavy atom. The molecular formula is C12H15NO2. The van der Waals surface area contributed by atoms with Gasteiger partial charge in [-0.05, 0) is 43.1 Å². The van der Waals surface area contributed by atoms with Crippen LogP contribution in [-0.4, -0.2) is 17.6 Å². The van der Waals surface area contributed by atoms with E-state index < -0.39 is 5.97 Å². The molecule has 0 fully saturated rings. The van der Waals surface area contributed by atoms with Crippen molar-refractivity contribution in [2.45, 2.75) is 13.3 Å². The lowest BCUT2D eigenvalue weighted by atomic mass is 10.0. The number of aryl methyl sites for hydroxylation is 1. The Bertz CT molecular complexity index is 383. The molecule has 15 heavy (non-hydrogen) atoms. The van der Waals surface area contributed by atoms with Gasteiger partial charge in [0, 0.05) is 0 Å². The summed E-state index contributed by atoms with van der Waals surface area (Å²) in [6.45, 7) is 2.56. The molecule has 1 aromatic rings. The van der Waals surface area contributed by atoms with Crippen molar-refractivity contribution in [3.63, 3.8) is 0 Å². The largest absolute Gasteiger partial charge is 0.478 e. The fourth-order valence-electron chi connectivity index (χ4n) is 1.26. The molecule has 0 aliphatic heterocycles. The first kappa shape index (κ1) is 11.5. The van der Waals surface area contributed by atoms with Gasteiger partial charge in [-0.2, -0.15) is 0 Å². The van der Waals surface area contributed by atoms with Crippen molar-refractivity contribution >= 4 is 12.0 Å². The summed E-state index contributed by atoms with van der Waals surface area (Å²) >= 11 is 0. The topological polar surface area (TPSA) is 63.3 Å². The van der Waals surface area contributed by atoms with E-state index in [1.165, 1.54) is 0 Å². The lowest BCUT2D eigenvalue weighted by Crippen LogP contribution is -1.97. The van der Waals surface area contributed by atoms with Crippen molar-refractivity contribution in [2.75, 3.05) is 6.54 Å². The van der Waals surface area contributed by atoms with Gasteiger partial charge in [-0.3, -0.25) is 0 Å². The van der Waals surface area contributed by atoms with E-state index in [9.17, 15) is 4.79 Å². The van der Waals surface area contributed by atoms with Crippen LogP contribution in [0.3, 0.4) is 0 Å². The SMILES string of the molecule is Cc1ccc(C(=O)O)cc1C=CCCN. The Hall–Kier alpha value is -1.61. The second-order valence-electron chi connectivity index (χ2n) is 3.36. The molecule has 0 radical (unpaired) electrons. The number of carboxylic acid groups (broad SMARTS) is 1. The Labute approximate surface area is 89.2 Å². The Kier molecular flexibility index (Phi) is 4.06. The maximum Gasteiger partial charge on any atom is 0.335 e. The molecule has 0 aromatic heterocycles. The van der Waals surface area contributed by atoms with Gasteiger partial charge in [-0.1, -0.05) is 18.2 Å². The van der Waals surface area contributed by atoms with Gasteiger partial charge in [0.15, 0.2) is 0 Å². The molecule has 0 unspecified atom stereocenters. The van der Waals surface area contributed by atoms with Crippen LogP contribution in [-0.2, 0) is 0 Å². The van der Waals surface area contributed by atoms with Crippen LogP contribution in [0.2, 0.25) is 0 Å². The van der Waals surface area contributed by atoms with Crippen molar-refractivity contribution in [1.29, 1.82) is 0 Å². The summed E-state index contributed by atoms with van der Waals surface area (Å²) in [7, 11) is 0. The molecule has 3 N–H and O–H groups in total. The third kappa shape index (κ3) is 3.22. The van der Waals surface area contributed by atoms with Crippen molar-refractivity contribution in [3.05, 3.63) is 41.0 Å². The van der Waals surface area contributed by atoms with Gasteiger partial charge in [0.25, 0.3) is 0 Å². The normalized spacial score (nSPS) is 10.8. The monoisotopic (exact) mass is 205 g/mol. The second kappa shape index (κ2) is 5.32. The zero-order chi connectivity index (χ0) is 11.3. The fraction of sp³-hybridized carbons (Fsp3) is 0.250. The van der Waals surface area contributed by atoms with Crippen LogP contribution in [0.15, 0.2) is 24.3 Å². The predicted octanol–water partition coefficient (Wildman–Crippen LogP) is 2.06. The lowest BCUT2D eigenvalue weighted by molar-refractivity contribution is 0.0697. The molecule has 1 aromatic carbocycles. The summed E-state index contributed by atoms with van der Waals surface area (Å²) in [5.74, 6) is -0.900. The predicted molar refractivity (Wildman–Crippen MR) is 60.8 cm³/mol. The summed E-state index contributed by atoms with van der Waals surface area (Å²) < 4.78 is 0. The molecule has 0 atom stereocenters. The van der Waals surface area contributed by atoms with Crippen LogP contribution < -0.4 is 5.73 Å². The Balaban J connectivity index is 2.95. The van der Waals surface area contributed by atoms with Crippen LogP contribution in [0, 0.1) is 6.92 Å². The van der Waals surface area contributed by atoms with Crippen LogP contribution in [0.1, 0.15) is 27.9 Å². The zero-order valence-corrected chi connectivity index (χ0v) is 8.73. The minimum atomic E-state index is -0.900. The van der Waals surface area contributed by atoms with Crippen LogP contribution in [0.5, 0.6) is 0 Å². The van der Waals surface area contributed by atoms with Crippen molar-refractivity contribution < 1.29 is 9.90 Å². The standard InChI is InChI=1S/C12H15NO2/c1-9-5-6-11(12(14)15)8-10(9)4-2-3-7-13/h2,4-6,8H,3,7,13H2,1H3,(H,14,15). The van der Waals surface area contributed by atoms with E-state index in [-0.39, 0.29) is 0 Å². The first-order chi connectivity index (χ1) is 7.15. The summed E-state index contributed by atoms with van der Waals surface area (Å²) in [4.78, 5) is 10.8. The van der Waals surface area contributed by atoms with E-state index in [1.807, 2.05) is 25.1 Å². The van der Waals surface area contributed by atoms with Crippen molar-refractivity contribution in [3.8, 4) is 0 Å². The zero-order valence-electron chi connectivity index (χ0n) is 8.73. The molecule has 0 bridgehead atoms. The quantitative estimate of drug-likeness (QED) is 0.790. The third-order valence-electron chi connectivity index (χ3n) is 2.16. The lowest BCUT2D eigenvalue weighted by Gasteiger charge is -2.01. The van der Waals surface area contributed by atoms with Crippen LogP contribution >= 0.6 is 0 Å². The maximum absolute atomic E-state index is 10.8. The van der Waals surface area contributed by atoms with Crippen LogP contribution in [0.4, 0.5) is 0 Å². The summed E-state index contributed by atoms with van der Waals surface area (Å²) in [6, 6.07) is 5.09. The molecule has 0 saturated carbocycles. The number of hydrogen-bond acceptors (Lipinski definition) is 2. The number of carbonyl (C=O) groups is 1. The van der Waals surface area contributed by atoms with Gasteiger partial charge < -0.3 is 10.8 Å². The maximum atomic E-state index is 10.8. The molecule has 80 valence electrons. The number of rotatable bonds is 4. The van der Waals surface area contributed by atoms with E-state index >= 15 is 0 Å². The first-order valence-corrected chi connectivity index (χ1v) is 4.85. The minimum absolute atomic E-state index is 0.313. The Morgan fingerprint density at radius 2 is 2.27 bits per heavy atom. The average molecular weight is 205 g/mol. The van der Waals surface area contributed by atoms with E-state index in [0.29, 0.717) is 12.1 Å². The van der Waals surface area contributed by atoms with Crippen LogP contribution in [0.25, 0.3) is 6.08 Å². The van der Waals surface area contributed by atoms with E-state index in [2.05, 4.69) is 0 Å². The number of nitrogens with two attached hydrogens (primary N) is 1. The molecule has 0 amide bonds. The van der Waals surface area contributed by atoms with Gasteiger partial charge >= 0.3 is 5.97 Å². The molecule has 3 heteroatoms. The van der Waals surface area contributed by atoms with Crippen molar-refractivity contribution in [2.24, 2.45) is 5.73 Å². The Morgan fingerprint density at radius 1 is 1.53 bits per heavy atom. The minimum Gasteiger partial charge on any atom is -0.478 e. The van der Waals surface area contributed by atoms with Gasteiger partial charge in [-0.15, -0.1) is 0 Å². The van der Waals surface area contributed by atoms with Gasteiger partial charge in [0.05, 0.1) is 5.56 Å². The number of carboxylic acids is 1. The molecule has 0 saturated heterocycles. The third-order valence-corrected chi connectivity index (χ3v) is 2.16. The highest BCUT2D eigenvalue weighted by molar-refractivity contribution is 5.88. The number of hydrogen-bond donors (Lipinski definition) is 2. The first-order valence-electron chi connectivity index (χ1n) is 4.85. The van der Waals surface area contributed by atoms with Gasteiger partial charge in [0.2, 0.25) is 0 Å². The molecule has 0 heterocycles. The highest BCUT2D eigenvalue weighted by atomic mass is 16.4. The molecule has 0 spiro atoms. The highest BCUT2D eigenvalue weighted by Gasteiger charge is 2.03. The van der Waals surface area contributed by atoms with Gasteiger partial charge in [0.1, 0.15) is 0 Å². The number of benzene rings is 1. The molecule has 3 nitrogen and oxygen atoms in total. The van der Waals surface area contributed by atoms with E-state index in [1.54, 1.807) is 12.1 Å². The highest BCUT2D eigenvalue weighted by Crippen LogP contribution is 2.13. The molecule has 0 aliphatic carbocycles. The van der Waals surface area contributed by atoms with Crippen molar-refractivity contribution in [1.82, 2.24) is 0 Å². The molecule has 1 rings (SSSR count). The number of aromatic carboxylic acids is 1. The summed E-state index contributed by atoms with van der Waals surface area (Å²) in [5.41, 5.74) is 7.67. The smallest absolute Gasteiger partial charge is 0.335 e. The van der Waals surface area contributed by atoms with Gasteiger partial charge in [-0.25, -0.2) is 4.79 Å². The summed E-state index contributed by atoms with van der Waals surface area (Å²) in [5, 5.41) is 8.83. The van der Waals surface area contributed by atoms with E-state index in [4.69, 9.17) is 10.8 Å². The molecular weight excluding hydrogens is 190 g/mol. The van der Waals surface area contributed by atoms with E-state index in [0.717, 1.165) is 17.5 Å². The fourth-order valence-corrected chi connectivity index (χ4v) is 1.26. The summed E-state index contributed by atoms with van der Waals surface area (Å²) in [6.07, 6.45) is 4.67.